The van der Waals surface area contributed by atoms with Crippen molar-refractivity contribution >= 4 is 16.9 Å². The number of hydrogen-bond donors (Lipinski definition) is 2. The lowest BCUT2D eigenvalue weighted by Gasteiger charge is -2.31. The van der Waals surface area contributed by atoms with Gasteiger partial charge in [0, 0.05) is 41.7 Å². The first-order chi connectivity index (χ1) is 16.4. The highest BCUT2D eigenvalue weighted by atomic mass is 16.6. The third-order valence-corrected chi connectivity index (χ3v) is 7.26. The fourth-order valence-electron chi connectivity index (χ4n) is 5.25. The Bertz CT molecular complexity index is 1410. The first-order valence-electron chi connectivity index (χ1n) is 11.5. The maximum atomic E-state index is 13.3. The van der Waals surface area contributed by atoms with Crippen LogP contribution in [-0.2, 0) is 39.6 Å². The van der Waals surface area contributed by atoms with Gasteiger partial charge >= 0.3 is 5.97 Å². The number of ether oxygens (including phenoxy) is 2. The molecule has 0 unspecified atom stereocenters. The number of aromatic nitrogens is 2. The number of aromatic hydroxyl groups is 1. The van der Waals surface area contributed by atoms with Crippen LogP contribution in [0.4, 0.5) is 0 Å². The van der Waals surface area contributed by atoms with Crippen molar-refractivity contribution in [3.63, 3.8) is 0 Å². The molecule has 0 amide bonds. The van der Waals surface area contributed by atoms with Crippen LogP contribution >= 0.6 is 0 Å². The third-order valence-electron chi connectivity index (χ3n) is 7.26. The molecule has 3 aromatic rings. The number of carbonyl (C=O) groups excluding carboxylic acids is 1. The molecule has 9 heteroatoms. The number of fused-ring (bicyclic) bond motifs is 5. The minimum absolute atomic E-state index is 0.101. The molecule has 2 aromatic heterocycles. The van der Waals surface area contributed by atoms with E-state index in [-0.39, 0.29) is 24.3 Å². The van der Waals surface area contributed by atoms with Crippen molar-refractivity contribution in [3.8, 4) is 17.1 Å². The van der Waals surface area contributed by atoms with Gasteiger partial charge in [-0.25, -0.2) is 9.78 Å². The van der Waals surface area contributed by atoms with Gasteiger partial charge in [-0.3, -0.25) is 9.69 Å². The Hall–Kier alpha value is -3.27. The van der Waals surface area contributed by atoms with Crippen LogP contribution in [0.5, 0.6) is 5.75 Å². The fourth-order valence-corrected chi connectivity index (χ4v) is 5.25. The number of nitrogens with zero attached hydrogens (tertiary/aromatic N) is 3. The lowest BCUT2D eigenvalue weighted by atomic mass is 9.86. The van der Waals surface area contributed by atoms with Crippen molar-refractivity contribution in [1.29, 1.82) is 0 Å². The van der Waals surface area contributed by atoms with E-state index in [1.165, 1.54) is 0 Å². The topological polar surface area (TPSA) is 114 Å². The van der Waals surface area contributed by atoms with Gasteiger partial charge in [0.05, 0.1) is 42.2 Å². The van der Waals surface area contributed by atoms with Crippen molar-refractivity contribution in [2.24, 2.45) is 0 Å². The van der Waals surface area contributed by atoms with Crippen LogP contribution < -0.4 is 5.56 Å². The lowest BCUT2D eigenvalue weighted by Crippen LogP contribution is -2.44. The Morgan fingerprint density at radius 1 is 1.18 bits per heavy atom. The standard InChI is InChI=1S/C25H25N3O6/c1-2-25(32)18-10-20-22-14(11-28(20)23(30)17(18)13-34-24(25)31)9-15-16(12-27-5-7-33-8-6-27)21(29)4-3-19(15)26-22/h3-4,9-10,29,32H,2,5-8,11-13H2,1H3/t25-/m0/s1. The number of phenols is 1. The number of rotatable bonds is 3. The molecule has 0 spiro atoms. The van der Waals surface area contributed by atoms with Gasteiger partial charge in [-0.2, -0.15) is 0 Å². The van der Waals surface area contributed by atoms with E-state index in [1.54, 1.807) is 29.7 Å². The Balaban J connectivity index is 1.50. The van der Waals surface area contributed by atoms with E-state index in [0.717, 1.165) is 29.6 Å². The second-order valence-corrected chi connectivity index (χ2v) is 9.12. The number of cyclic esters (lactones) is 1. The molecule has 1 aromatic carbocycles. The number of morpholine rings is 1. The number of phenolic OH excluding ortho intramolecular Hbond substituents is 1. The summed E-state index contributed by atoms with van der Waals surface area (Å²) in [6.07, 6.45) is 0.101. The molecule has 1 fully saturated rings. The Morgan fingerprint density at radius 2 is 1.97 bits per heavy atom. The molecule has 1 atom stereocenters. The van der Waals surface area contributed by atoms with E-state index in [4.69, 9.17) is 14.5 Å². The lowest BCUT2D eigenvalue weighted by molar-refractivity contribution is -0.172. The summed E-state index contributed by atoms with van der Waals surface area (Å²) >= 11 is 0. The molecule has 9 nitrogen and oxygen atoms in total. The van der Waals surface area contributed by atoms with Crippen LogP contribution in [0.1, 0.15) is 35.6 Å². The van der Waals surface area contributed by atoms with Crippen molar-refractivity contribution in [1.82, 2.24) is 14.5 Å². The Morgan fingerprint density at radius 3 is 2.74 bits per heavy atom. The van der Waals surface area contributed by atoms with E-state index in [2.05, 4.69) is 4.90 Å². The monoisotopic (exact) mass is 463 g/mol. The minimum Gasteiger partial charge on any atom is -0.508 e. The van der Waals surface area contributed by atoms with Gasteiger partial charge in [0.15, 0.2) is 5.60 Å². The zero-order valence-electron chi connectivity index (χ0n) is 18.8. The second kappa shape index (κ2) is 7.63. The highest BCUT2D eigenvalue weighted by Gasteiger charge is 2.45. The highest BCUT2D eigenvalue weighted by Crippen LogP contribution is 2.39. The normalized spacial score (nSPS) is 21.8. The molecule has 5 heterocycles. The summed E-state index contributed by atoms with van der Waals surface area (Å²) < 4.78 is 12.2. The molecule has 2 N–H and O–H groups in total. The van der Waals surface area contributed by atoms with Crippen molar-refractivity contribution in [3.05, 3.63) is 56.9 Å². The van der Waals surface area contributed by atoms with Crippen molar-refractivity contribution in [2.45, 2.75) is 38.6 Å². The maximum absolute atomic E-state index is 13.3. The Labute approximate surface area is 195 Å². The van der Waals surface area contributed by atoms with Gasteiger partial charge in [0.1, 0.15) is 12.4 Å². The summed E-state index contributed by atoms with van der Waals surface area (Å²) in [5.74, 6) is -0.521. The number of hydrogen-bond acceptors (Lipinski definition) is 8. The molecule has 6 rings (SSSR count). The van der Waals surface area contributed by atoms with E-state index in [9.17, 15) is 19.8 Å². The average molecular weight is 463 g/mol. The van der Waals surface area contributed by atoms with E-state index in [0.29, 0.717) is 54.3 Å². The number of benzene rings is 1. The third kappa shape index (κ3) is 3.01. The van der Waals surface area contributed by atoms with Crippen LogP contribution in [0.3, 0.4) is 0 Å². The van der Waals surface area contributed by atoms with Crippen LogP contribution in [0, 0.1) is 0 Å². The largest absolute Gasteiger partial charge is 0.508 e. The first-order valence-corrected chi connectivity index (χ1v) is 11.5. The van der Waals surface area contributed by atoms with Crippen LogP contribution in [0.15, 0.2) is 29.1 Å². The van der Waals surface area contributed by atoms with Crippen LogP contribution in [0.25, 0.3) is 22.3 Å². The molecular formula is C25H25N3O6. The smallest absolute Gasteiger partial charge is 0.343 e. The summed E-state index contributed by atoms with van der Waals surface area (Å²) in [5.41, 5.74) is 2.06. The zero-order valence-corrected chi connectivity index (χ0v) is 18.8. The van der Waals surface area contributed by atoms with Crippen LogP contribution in [0.2, 0.25) is 0 Å². The average Bonchev–Trinajstić information content (AvgIpc) is 3.21. The van der Waals surface area contributed by atoms with Gasteiger partial charge in [-0.15, -0.1) is 0 Å². The molecule has 1 saturated heterocycles. The molecule has 3 aliphatic rings. The molecule has 0 saturated carbocycles. The second-order valence-electron chi connectivity index (χ2n) is 9.12. The summed E-state index contributed by atoms with van der Waals surface area (Å²) in [6, 6.07) is 7.12. The maximum Gasteiger partial charge on any atom is 0.343 e. The van der Waals surface area contributed by atoms with Gasteiger partial charge in [-0.1, -0.05) is 6.92 Å². The number of aliphatic hydroxyl groups is 1. The molecular weight excluding hydrogens is 438 g/mol. The highest BCUT2D eigenvalue weighted by molar-refractivity contribution is 5.89. The van der Waals surface area contributed by atoms with E-state index < -0.39 is 11.6 Å². The molecule has 176 valence electrons. The number of pyridine rings is 2. The molecule has 0 aliphatic carbocycles. The minimum atomic E-state index is -1.85. The number of esters is 1. The summed E-state index contributed by atoms with van der Waals surface area (Å²) in [5, 5.41) is 22.5. The van der Waals surface area contributed by atoms with Gasteiger partial charge in [0.25, 0.3) is 5.56 Å². The Kier molecular flexibility index (Phi) is 4.77. The molecule has 34 heavy (non-hydrogen) atoms. The van der Waals surface area contributed by atoms with Gasteiger partial charge < -0.3 is 24.3 Å². The zero-order chi connectivity index (χ0) is 23.6. The van der Waals surface area contributed by atoms with E-state index in [1.807, 2.05) is 6.07 Å². The van der Waals surface area contributed by atoms with Gasteiger partial charge in [-0.05, 0) is 30.7 Å². The molecule has 0 bridgehead atoms. The summed E-state index contributed by atoms with van der Waals surface area (Å²) in [4.78, 5) is 32.8. The predicted octanol–water partition coefficient (Wildman–Crippen LogP) is 1.62. The molecule has 3 aliphatic heterocycles. The SMILES string of the molecule is CC[C@@]1(O)C(=O)OCc2c1cc1n(c2=O)Cc2cc3c(CN4CCOCC4)c(O)ccc3nc2-1. The van der Waals surface area contributed by atoms with Crippen molar-refractivity contribution < 1.29 is 24.5 Å². The molecule has 0 radical (unpaired) electrons. The van der Waals surface area contributed by atoms with Crippen LogP contribution in [-0.4, -0.2) is 56.9 Å². The summed E-state index contributed by atoms with van der Waals surface area (Å²) in [7, 11) is 0. The quantitative estimate of drug-likeness (QED) is 0.441. The first kappa shape index (κ1) is 21.3. The van der Waals surface area contributed by atoms with Crippen molar-refractivity contribution in [2.75, 3.05) is 26.3 Å². The predicted molar refractivity (Wildman–Crippen MR) is 122 cm³/mol. The van der Waals surface area contributed by atoms with Gasteiger partial charge in [0.2, 0.25) is 0 Å². The number of carbonyl (C=O) groups is 1. The summed E-state index contributed by atoms with van der Waals surface area (Å²) in [6.45, 7) is 5.35. The fraction of sp³-hybridized carbons (Fsp3) is 0.400. The van der Waals surface area contributed by atoms with E-state index >= 15 is 0 Å².